The van der Waals surface area contributed by atoms with E-state index in [1.165, 1.54) is 12.1 Å². The molecular formula is C44H54N12O9. The number of allylic oxidation sites excluding steroid dienone is 2. The van der Waals surface area contributed by atoms with Gasteiger partial charge in [0.2, 0.25) is 29.5 Å². The molecule has 6 aromatic rings. The molecule has 2 aromatic carbocycles. The van der Waals surface area contributed by atoms with Crippen LogP contribution in [-0.4, -0.2) is 120 Å². The number of nitrogens with two attached hydrogens (primary N) is 2. The van der Waals surface area contributed by atoms with E-state index in [0.717, 1.165) is 19.6 Å². The Hall–Kier alpha value is -7.10. The number of aromatic nitrogens is 7. The van der Waals surface area contributed by atoms with Gasteiger partial charge in [0.15, 0.2) is 5.89 Å². The first-order chi connectivity index (χ1) is 31.4. The van der Waals surface area contributed by atoms with Crippen LogP contribution >= 0.6 is 0 Å². The number of carbonyl (C=O) groups excluding carboxylic acids is 4. The normalized spacial score (nSPS) is 13.2. The average Bonchev–Trinajstić information content (AvgIpc) is 4.06. The van der Waals surface area contributed by atoms with Crippen LogP contribution in [0.3, 0.4) is 0 Å². The molecule has 0 radical (unpaired) electrons. The van der Waals surface area contributed by atoms with Gasteiger partial charge in [-0.15, -0.1) is 0 Å². The van der Waals surface area contributed by atoms with Crippen LogP contribution in [0.25, 0.3) is 22.1 Å². The minimum atomic E-state index is -0.704. The Morgan fingerprint density at radius 2 is 1.37 bits per heavy atom. The van der Waals surface area contributed by atoms with E-state index < -0.39 is 23.6 Å². The zero-order valence-corrected chi connectivity index (χ0v) is 36.9. The van der Waals surface area contributed by atoms with E-state index in [2.05, 4.69) is 25.6 Å². The van der Waals surface area contributed by atoms with Crippen LogP contribution in [0, 0.1) is 13.8 Å². The van der Waals surface area contributed by atoms with Crippen molar-refractivity contribution in [2.45, 2.75) is 66.6 Å². The van der Waals surface area contributed by atoms with Crippen LogP contribution in [-0.2, 0) is 30.8 Å². The lowest BCUT2D eigenvalue weighted by Gasteiger charge is -2.26. The number of fused-ring (bicyclic) bond motifs is 2. The summed E-state index contributed by atoms with van der Waals surface area (Å²) in [6, 6.07) is 7.80. The van der Waals surface area contributed by atoms with Crippen molar-refractivity contribution in [2.24, 2.45) is 11.5 Å². The predicted octanol–water partition coefficient (Wildman–Crippen LogP) is 3.59. The lowest BCUT2D eigenvalue weighted by molar-refractivity contribution is 0.0358. The van der Waals surface area contributed by atoms with Gasteiger partial charge in [0.05, 0.1) is 48.8 Å². The molecule has 4 amide bonds. The van der Waals surface area contributed by atoms with Gasteiger partial charge in [-0.3, -0.25) is 39.4 Å². The summed E-state index contributed by atoms with van der Waals surface area (Å²) < 4.78 is 28.7. The highest BCUT2D eigenvalue weighted by Crippen LogP contribution is 2.33. The molecule has 0 saturated carbocycles. The maximum Gasteiger partial charge on any atom is 0.295 e. The number of aryl methyl sites for hydroxylation is 4. The Bertz CT molecular complexity index is 2740. The number of morpholine rings is 1. The van der Waals surface area contributed by atoms with Crippen LogP contribution in [0.4, 0.5) is 11.9 Å². The van der Waals surface area contributed by atoms with Gasteiger partial charge in [-0.05, 0) is 57.0 Å². The first-order valence-corrected chi connectivity index (χ1v) is 21.5. The lowest BCUT2D eigenvalue weighted by atomic mass is 10.1. The van der Waals surface area contributed by atoms with Crippen LogP contribution in [0.2, 0.25) is 0 Å². The van der Waals surface area contributed by atoms with Crippen LogP contribution in [0.1, 0.15) is 85.7 Å². The van der Waals surface area contributed by atoms with E-state index >= 15 is 0 Å². The Labute approximate surface area is 373 Å². The minimum absolute atomic E-state index is 0.0479. The van der Waals surface area contributed by atoms with Crippen molar-refractivity contribution >= 4 is 57.6 Å². The number of aliphatic hydroxyl groups is 1. The number of hydrogen-bond acceptors (Lipinski definition) is 14. The van der Waals surface area contributed by atoms with Crippen molar-refractivity contribution in [1.29, 1.82) is 0 Å². The van der Waals surface area contributed by atoms with E-state index in [-0.39, 0.29) is 60.8 Å². The first kappa shape index (κ1) is 45.9. The van der Waals surface area contributed by atoms with Gasteiger partial charge < -0.3 is 44.3 Å². The highest BCUT2D eigenvalue weighted by molar-refractivity contribution is 6.05. The van der Waals surface area contributed by atoms with Crippen molar-refractivity contribution in [3.63, 3.8) is 0 Å². The Morgan fingerprint density at radius 1 is 0.800 bits per heavy atom. The summed E-state index contributed by atoms with van der Waals surface area (Å²) in [4.78, 5) is 68.7. The van der Waals surface area contributed by atoms with Crippen molar-refractivity contribution in [2.75, 3.05) is 63.3 Å². The second-order valence-electron chi connectivity index (χ2n) is 15.3. The molecule has 21 heteroatoms. The third-order valence-corrected chi connectivity index (χ3v) is 10.7. The SMILES string of the molecule is CCc1nc(C)oc1C(=O)Nc1nc2cc(C(N)=O)cc(OCCCN3CCOCC3)c2n1CC=CCn1c(NC(=O)c2cc(C)nn2CC)nc2cc(C(N)=O)cc(OCCCO)c21. The number of primary amides is 2. The number of ether oxygens (including phenoxy) is 3. The number of hydrogen-bond donors (Lipinski definition) is 5. The minimum Gasteiger partial charge on any atom is -0.491 e. The van der Waals surface area contributed by atoms with Crippen LogP contribution in [0.5, 0.6) is 11.5 Å². The number of oxazole rings is 1. The van der Waals surface area contributed by atoms with Crippen molar-refractivity contribution < 1.29 is 42.9 Å². The molecule has 0 aliphatic carbocycles. The zero-order valence-electron chi connectivity index (χ0n) is 36.9. The van der Waals surface area contributed by atoms with Gasteiger partial charge in [0.25, 0.3) is 11.8 Å². The summed E-state index contributed by atoms with van der Waals surface area (Å²) in [5.74, 6) is -1.15. The molecule has 0 atom stereocenters. The molecule has 7 rings (SSSR count). The third-order valence-electron chi connectivity index (χ3n) is 10.7. The number of amides is 4. The maximum atomic E-state index is 13.8. The lowest BCUT2D eigenvalue weighted by Crippen LogP contribution is -2.37. The number of carbonyl (C=O) groups is 4. The van der Waals surface area contributed by atoms with Crippen LogP contribution in [0.15, 0.2) is 46.9 Å². The van der Waals surface area contributed by atoms with E-state index in [4.69, 9.17) is 40.1 Å². The molecule has 0 spiro atoms. The standard InChI is InChI=1S/C44H54N12O9/c1-5-30-38(65-27(4)47-30)42(61)51-44-49-32-23-28(39(45)58)24-34(63-17-9-11-53-14-19-62-20-15-53)36(32)55(44)13-8-7-12-54-37-31(22-29(40(46)59)25-35(37)64-18-10-16-57)48-43(54)50-41(60)33-21-26(3)52-56(33)6-2/h7-8,21-25,57H,5-6,9-20H2,1-4H3,(H2,45,58)(H2,46,59)(H,48,50,60)(H,49,51,61). The van der Waals surface area contributed by atoms with Crippen molar-refractivity contribution in [3.05, 3.63) is 82.3 Å². The molecule has 1 fully saturated rings. The van der Waals surface area contributed by atoms with Gasteiger partial charge in [-0.25, -0.2) is 15.0 Å². The molecule has 0 bridgehead atoms. The third kappa shape index (κ3) is 10.5. The zero-order chi connectivity index (χ0) is 46.2. The highest BCUT2D eigenvalue weighted by atomic mass is 16.5. The number of nitrogens with zero attached hydrogens (tertiary/aromatic N) is 8. The van der Waals surface area contributed by atoms with Crippen molar-refractivity contribution in [3.8, 4) is 11.5 Å². The molecule has 1 aliphatic rings. The summed E-state index contributed by atoms with van der Waals surface area (Å²) in [6.07, 6.45) is 5.11. The fourth-order valence-electron chi connectivity index (χ4n) is 7.59. The number of nitrogens with one attached hydrogen (secondary N) is 2. The monoisotopic (exact) mass is 894 g/mol. The molecule has 344 valence electrons. The highest BCUT2D eigenvalue weighted by Gasteiger charge is 2.25. The van der Waals surface area contributed by atoms with E-state index in [9.17, 15) is 24.3 Å². The predicted molar refractivity (Wildman–Crippen MR) is 239 cm³/mol. The number of anilines is 2. The molecule has 65 heavy (non-hydrogen) atoms. The van der Waals surface area contributed by atoms with Crippen molar-refractivity contribution in [1.82, 2.24) is 38.8 Å². The molecule has 1 aliphatic heterocycles. The van der Waals surface area contributed by atoms with Crippen LogP contribution < -0.4 is 31.6 Å². The van der Waals surface area contributed by atoms with Gasteiger partial charge in [-0.1, -0.05) is 19.1 Å². The number of aliphatic hydroxyl groups excluding tert-OH is 1. The van der Waals surface area contributed by atoms with E-state index in [1.54, 1.807) is 45.9 Å². The van der Waals surface area contributed by atoms with Gasteiger partial charge in [0.1, 0.15) is 28.2 Å². The fraction of sp³-hybridized carbons (Fsp3) is 0.409. The Balaban J connectivity index is 1.27. The molecule has 5 heterocycles. The quantitative estimate of drug-likeness (QED) is 0.0511. The first-order valence-electron chi connectivity index (χ1n) is 21.5. The molecule has 21 nitrogen and oxygen atoms in total. The number of imidazole rings is 2. The Morgan fingerprint density at radius 3 is 1.91 bits per heavy atom. The van der Waals surface area contributed by atoms with Gasteiger partial charge in [0, 0.05) is 70.3 Å². The summed E-state index contributed by atoms with van der Waals surface area (Å²) in [6.45, 7) is 12.0. The smallest absolute Gasteiger partial charge is 0.295 e. The van der Waals surface area contributed by atoms with Gasteiger partial charge >= 0.3 is 0 Å². The van der Waals surface area contributed by atoms with E-state index in [1.807, 2.05) is 26.0 Å². The molecule has 7 N–H and O–H groups in total. The largest absolute Gasteiger partial charge is 0.491 e. The Kier molecular flexibility index (Phi) is 14.6. The second-order valence-corrected chi connectivity index (χ2v) is 15.3. The molecule has 4 aromatic heterocycles. The average molecular weight is 895 g/mol. The molecule has 1 saturated heterocycles. The summed E-state index contributed by atoms with van der Waals surface area (Å²) >= 11 is 0. The summed E-state index contributed by atoms with van der Waals surface area (Å²) in [5, 5.41) is 19.7. The molecular weight excluding hydrogens is 841 g/mol. The van der Waals surface area contributed by atoms with E-state index in [0.29, 0.717) is 96.4 Å². The number of rotatable bonds is 21. The van der Waals surface area contributed by atoms with Gasteiger partial charge in [-0.2, -0.15) is 5.10 Å². The fourth-order valence-corrected chi connectivity index (χ4v) is 7.59. The maximum absolute atomic E-state index is 13.8. The second kappa shape index (κ2) is 20.6. The molecule has 0 unspecified atom stereocenters. The summed E-state index contributed by atoms with van der Waals surface area (Å²) in [7, 11) is 0. The summed E-state index contributed by atoms with van der Waals surface area (Å²) in [5.41, 5.74) is 14.9. The topological polar surface area (TPSA) is 275 Å². The number of benzene rings is 2.